The molecule has 4 rings (SSSR count). The minimum Gasteiger partial charge on any atom is -0.456 e. The van der Waals surface area contributed by atoms with Gasteiger partial charge in [0.15, 0.2) is 6.61 Å². The minimum atomic E-state index is -0.682. The molecule has 0 atom stereocenters. The van der Waals surface area contributed by atoms with Crippen LogP contribution < -0.4 is 5.32 Å². The van der Waals surface area contributed by atoms with Gasteiger partial charge in [-0.25, -0.2) is 0 Å². The Labute approximate surface area is 178 Å². The SMILES string of the molecule is O=C(CNC(=O)c1ccccc1)OCC(=O)c1c(-c2ccccc2)[nH]c2ccccc12. The van der Waals surface area contributed by atoms with Crippen molar-refractivity contribution in [3.63, 3.8) is 0 Å². The van der Waals surface area contributed by atoms with Gasteiger partial charge in [0.25, 0.3) is 5.91 Å². The third-order valence-corrected chi connectivity index (χ3v) is 4.84. The Morgan fingerprint density at radius 1 is 0.806 bits per heavy atom. The summed E-state index contributed by atoms with van der Waals surface area (Å²) in [7, 11) is 0. The predicted octanol–water partition coefficient (Wildman–Crippen LogP) is 3.99. The normalized spacial score (nSPS) is 10.6. The number of nitrogens with one attached hydrogen (secondary N) is 2. The number of benzene rings is 3. The fourth-order valence-electron chi connectivity index (χ4n) is 3.37. The van der Waals surface area contributed by atoms with Gasteiger partial charge in [-0.05, 0) is 23.8 Å². The standard InChI is InChI=1S/C25H20N2O4/c28-21(16-31-22(29)15-26-25(30)18-11-5-2-6-12-18)23-19-13-7-8-14-20(19)27-24(23)17-9-3-1-4-10-17/h1-14,27H,15-16H2,(H,26,30). The molecule has 0 spiro atoms. The first kappa shape index (κ1) is 20.1. The number of ketones is 1. The van der Waals surface area contributed by atoms with Crippen molar-refractivity contribution in [3.05, 3.63) is 96.1 Å². The van der Waals surface area contributed by atoms with Gasteiger partial charge in [0.2, 0.25) is 5.78 Å². The molecule has 154 valence electrons. The summed E-state index contributed by atoms with van der Waals surface area (Å²) < 4.78 is 5.14. The van der Waals surface area contributed by atoms with E-state index in [4.69, 9.17) is 4.74 Å². The van der Waals surface area contributed by atoms with Crippen LogP contribution in [0, 0.1) is 0 Å². The van der Waals surface area contributed by atoms with E-state index >= 15 is 0 Å². The van der Waals surface area contributed by atoms with Crippen LogP contribution in [0.3, 0.4) is 0 Å². The molecule has 2 N–H and O–H groups in total. The molecule has 0 fully saturated rings. The molecule has 0 saturated carbocycles. The van der Waals surface area contributed by atoms with Gasteiger partial charge in [-0.15, -0.1) is 0 Å². The molecule has 1 heterocycles. The number of carbonyl (C=O) groups excluding carboxylic acids is 3. The molecule has 0 radical (unpaired) electrons. The number of hydrogen-bond donors (Lipinski definition) is 2. The van der Waals surface area contributed by atoms with E-state index in [1.165, 1.54) is 0 Å². The lowest BCUT2D eigenvalue weighted by atomic mass is 10.0. The molecular weight excluding hydrogens is 392 g/mol. The van der Waals surface area contributed by atoms with Gasteiger partial charge in [0, 0.05) is 16.5 Å². The highest BCUT2D eigenvalue weighted by molar-refractivity contribution is 6.14. The monoisotopic (exact) mass is 412 g/mol. The predicted molar refractivity (Wildman–Crippen MR) is 118 cm³/mol. The number of aromatic nitrogens is 1. The zero-order valence-electron chi connectivity index (χ0n) is 16.6. The van der Waals surface area contributed by atoms with E-state index in [2.05, 4.69) is 10.3 Å². The summed E-state index contributed by atoms with van der Waals surface area (Å²) in [5, 5.41) is 3.26. The first-order chi connectivity index (χ1) is 15.1. The number of aromatic amines is 1. The largest absolute Gasteiger partial charge is 0.456 e. The molecule has 0 aliphatic carbocycles. The van der Waals surface area contributed by atoms with Gasteiger partial charge in [-0.3, -0.25) is 14.4 Å². The Bertz CT molecular complexity index is 1230. The second kappa shape index (κ2) is 9.09. The third kappa shape index (κ3) is 4.53. The maximum Gasteiger partial charge on any atom is 0.325 e. The number of esters is 1. The number of carbonyl (C=O) groups is 3. The van der Waals surface area contributed by atoms with Crippen molar-refractivity contribution < 1.29 is 19.1 Å². The fraction of sp³-hybridized carbons (Fsp3) is 0.0800. The number of hydrogen-bond acceptors (Lipinski definition) is 4. The molecule has 0 aliphatic heterocycles. The molecule has 0 saturated heterocycles. The summed E-state index contributed by atoms with van der Waals surface area (Å²) in [5.74, 6) is -1.38. The van der Waals surface area contributed by atoms with E-state index in [1.807, 2.05) is 54.6 Å². The number of para-hydroxylation sites is 1. The van der Waals surface area contributed by atoms with Crippen molar-refractivity contribution >= 4 is 28.6 Å². The van der Waals surface area contributed by atoms with E-state index < -0.39 is 12.6 Å². The van der Waals surface area contributed by atoms with Crippen LogP contribution in [-0.2, 0) is 9.53 Å². The number of Topliss-reactive ketones (excluding diaryl/α,β-unsaturated/α-hetero) is 1. The molecule has 0 bridgehead atoms. The molecule has 6 nitrogen and oxygen atoms in total. The van der Waals surface area contributed by atoms with Crippen LogP contribution in [0.5, 0.6) is 0 Å². The maximum absolute atomic E-state index is 13.0. The van der Waals surface area contributed by atoms with Crippen molar-refractivity contribution in [2.75, 3.05) is 13.2 Å². The van der Waals surface area contributed by atoms with Gasteiger partial charge < -0.3 is 15.0 Å². The van der Waals surface area contributed by atoms with Crippen molar-refractivity contribution in [1.29, 1.82) is 0 Å². The number of ether oxygens (including phenoxy) is 1. The molecule has 1 amide bonds. The van der Waals surface area contributed by atoms with Gasteiger partial charge in [0.05, 0.1) is 11.3 Å². The summed E-state index contributed by atoms with van der Waals surface area (Å²) in [5.41, 5.74) is 3.29. The van der Waals surface area contributed by atoms with Crippen molar-refractivity contribution in [2.24, 2.45) is 0 Å². The minimum absolute atomic E-state index is 0.319. The van der Waals surface area contributed by atoms with Crippen molar-refractivity contribution in [2.45, 2.75) is 0 Å². The van der Waals surface area contributed by atoms with Gasteiger partial charge >= 0.3 is 5.97 Å². The van der Waals surface area contributed by atoms with E-state index in [0.29, 0.717) is 16.8 Å². The fourth-order valence-corrected chi connectivity index (χ4v) is 3.37. The van der Waals surface area contributed by atoms with E-state index in [9.17, 15) is 14.4 Å². The van der Waals surface area contributed by atoms with Gasteiger partial charge in [-0.1, -0.05) is 66.7 Å². The van der Waals surface area contributed by atoms with Crippen LogP contribution in [0.2, 0.25) is 0 Å². The number of rotatable bonds is 7. The van der Waals surface area contributed by atoms with Crippen molar-refractivity contribution in [3.8, 4) is 11.3 Å². The van der Waals surface area contributed by atoms with E-state index in [1.54, 1.807) is 30.3 Å². The number of fused-ring (bicyclic) bond motifs is 1. The van der Waals surface area contributed by atoms with Crippen LogP contribution in [0.25, 0.3) is 22.2 Å². The van der Waals surface area contributed by atoms with Crippen LogP contribution >= 0.6 is 0 Å². The van der Waals surface area contributed by atoms with Gasteiger partial charge in [0.1, 0.15) is 6.54 Å². The Morgan fingerprint density at radius 2 is 1.45 bits per heavy atom. The first-order valence-corrected chi connectivity index (χ1v) is 9.81. The Morgan fingerprint density at radius 3 is 2.19 bits per heavy atom. The van der Waals surface area contributed by atoms with Crippen LogP contribution in [0.1, 0.15) is 20.7 Å². The summed E-state index contributed by atoms with van der Waals surface area (Å²) in [6.07, 6.45) is 0. The molecule has 4 aromatic rings. The second-order valence-corrected chi connectivity index (χ2v) is 6.92. The van der Waals surface area contributed by atoms with E-state index in [-0.39, 0.29) is 18.2 Å². The van der Waals surface area contributed by atoms with Crippen LogP contribution in [-0.4, -0.2) is 35.8 Å². The lowest BCUT2D eigenvalue weighted by molar-refractivity contribution is -0.141. The molecule has 1 aromatic heterocycles. The highest BCUT2D eigenvalue weighted by atomic mass is 16.5. The van der Waals surface area contributed by atoms with Crippen LogP contribution in [0.4, 0.5) is 0 Å². The average Bonchev–Trinajstić information content (AvgIpc) is 3.22. The van der Waals surface area contributed by atoms with Crippen molar-refractivity contribution in [1.82, 2.24) is 10.3 Å². The Balaban J connectivity index is 1.45. The Hall–Kier alpha value is -4.19. The van der Waals surface area contributed by atoms with Crippen LogP contribution in [0.15, 0.2) is 84.9 Å². The maximum atomic E-state index is 13.0. The highest BCUT2D eigenvalue weighted by Crippen LogP contribution is 2.30. The summed E-state index contributed by atoms with van der Waals surface area (Å²) >= 11 is 0. The summed E-state index contributed by atoms with van der Waals surface area (Å²) in [6, 6.07) is 25.5. The zero-order chi connectivity index (χ0) is 21.6. The highest BCUT2D eigenvalue weighted by Gasteiger charge is 2.21. The number of amides is 1. The topological polar surface area (TPSA) is 88.3 Å². The zero-order valence-corrected chi connectivity index (χ0v) is 16.6. The molecule has 3 aromatic carbocycles. The molecule has 0 aliphatic rings. The third-order valence-electron chi connectivity index (χ3n) is 4.84. The summed E-state index contributed by atoms with van der Waals surface area (Å²) in [6.45, 7) is -0.734. The lowest BCUT2D eigenvalue weighted by Crippen LogP contribution is -2.31. The summed E-state index contributed by atoms with van der Waals surface area (Å²) in [4.78, 5) is 40.4. The first-order valence-electron chi connectivity index (χ1n) is 9.81. The molecule has 31 heavy (non-hydrogen) atoms. The smallest absolute Gasteiger partial charge is 0.325 e. The lowest BCUT2D eigenvalue weighted by Gasteiger charge is -2.08. The quantitative estimate of drug-likeness (QED) is 0.355. The Kier molecular flexibility index (Phi) is 5.89. The number of H-pyrrole nitrogens is 1. The van der Waals surface area contributed by atoms with E-state index in [0.717, 1.165) is 16.5 Å². The average molecular weight is 412 g/mol. The molecule has 0 unspecified atom stereocenters. The van der Waals surface area contributed by atoms with Gasteiger partial charge in [-0.2, -0.15) is 0 Å². The second-order valence-electron chi connectivity index (χ2n) is 6.92. The molecular formula is C25H20N2O4. The molecule has 6 heteroatoms.